The Morgan fingerprint density at radius 2 is 1.52 bits per heavy atom. The van der Waals surface area contributed by atoms with Crippen LogP contribution < -0.4 is 5.32 Å². The Balaban J connectivity index is 1.17. The summed E-state index contributed by atoms with van der Waals surface area (Å²) >= 11 is 0. The van der Waals surface area contributed by atoms with Crippen LogP contribution in [0.3, 0.4) is 0 Å². The zero-order valence-electron chi connectivity index (χ0n) is 26.6. The number of carbonyl (C=O) groups is 3. The molecule has 0 radical (unpaired) electrons. The van der Waals surface area contributed by atoms with Crippen molar-refractivity contribution < 1.29 is 19.1 Å². The van der Waals surface area contributed by atoms with Gasteiger partial charge < -0.3 is 29.8 Å². The highest BCUT2D eigenvalue weighted by atomic mass is 16.5. The van der Waals surface area contributed by atoms with E-state index in [2.05, 4.69) is 51.7 Å². The molecular weight excluding hydrogens is 582 g/mol. The first-order valence-electron chi connectivity index (χ1n) is 16.1. The maximum absolute atomic E-state index is 13.6. The molecule has 0 bridgehead atoms. The van der Waals surface area contributed by atoms with Gasteiger partial charge in [-0.05, 0) is 72.4 Å². The van der Waals surface area contributed by atoms with Crippen molar-refractivity contribution in [3.05, 3.63) is 60.2 Å². The zero-order valence-corrected chi connectivity index (χ0v) is 26.6. The number of nitrogens with zero attached hydrogens (tertiary/aromatic N) is 4. The molecule has 5 aromatic rings. The van der Waals surface area contributed by atoms with Crippen LogP contribution in [0.2, 0.25) is 0 Å². The molecule has 11 nitrogen and oxygen atoms in total. The van der Waals surface area contributed by atoms with Gasteiger partial charge in [-0.2, -0.15) is 0 Å². The minimum atomic E-state index is -0.679. The number of amides is 3. The molecular formula is C35H39N7O4. The highest BCUT2D eigenvalue weighted by Gasteiger charge is 2.37. The van der Waals surface area contributed by atoms with E-state index in [1.54, 1.807) is 6.92 Å². The lowest BCUT2D eigenvalue weighted by Crippen LogP contribution is -2.51. The lowest BCUT2D eigenvalue weighted by molar-refractivity contribution is -0.135. The highest BCUT2D eigenvalue weighted by molar-refractivity contribution is 6.05. The van der Waals surface area contributed by atoms with Crippen LogP contribution in [0.5, 0.6) is 0 Å². The monoisotopic (exact) mass is 621 g/mol. The number of methoxy groups -OCH3 is 1. The lowest BCUT2D eigenvalue weighted by atomic mass is 10.0. The first kappa shape index (κ1) is 29.8. The van der Waals surface area contributed by atoms with Crippen molar-refractivity contribution >= 4 is 50.7 Å². The summed E-state index contributed by atoms with van der Waals surface area (Å²) in [6.07, 6.45) is 2.94. The second-order valence-corrected chi connectivity index (χ2v) is 12.8. The molecule has 0 aliphatic carbocycles. The van der Waals surface area contributed by atoms with E-state index in [0.717, 1.165) is 87.8 Å². The number of rotatable bonds is 6. The highest BCUT2D eigenvalue weighted by Crippen LogP contribution is 2.36. The second-order valence-electron chi connectivity index (χ2n) is 12.8. The fourth-order valence-electron chi connectivity index (χ4n) is 7.15. The van der Waals surface area contributed by atoms with Gasteiger partial charge >= 0.3 is 6.09 Å². The van der Waals surface area contributed by atoms with Crippen molar-refractivity contribution in [2.75, 3.05) is 20.2 Å². The molecule has 3 atom stereocenters. The summed E-state index contributed by atoms with van der Waals surface area (Å²) in [6, 6.07) is 15.9. The van der Waals surface area contributed by atoms with Crippen LogP contribution in [0.1, 0.15) is 70.2 Å². The SMILES string of the molecule is COC(=O)NC(C(=O)N1CCC[C@H]1c1nc2ccc3cc(-c4ccc5nc([C@@H]6CCCN6C(C)=O)[nH]c5c4)ccc3c2[nH]1)C(C)C. The predicted molar refractivity (Wildman–Crippen MR) is 176 cm³/mol. The number of likely N-dealkylation sites (tertiary alicyclic amines) is 2. The van der Waals surface area contributed by atoms with E-state index in [9.17, 15) is 14.4 Å². The van der Waals surface area contributed by atoms with Crippen molar-refractivity contribution in [1.82, 2.24) is 35.1 Å². The number of hydrogen-bond acceptors (Lipinski definition) is 6. The molecule has 2 fully saturated rings. The Kier molecular flexibility index (Phi) is 7.62. The fourth-order valence-corrected chi connectivity index (χ4v) is 7.15. The molecule has 3 aromatic carbocycles. The van der Waals surface area contributed by atoms with Crippen LogP contribution in [0.15, 0.2) is 48.5 Å². The van der Waals surface area contributed by atoms with E-state index >= 15 is 0 Å². The summed E-state index contributed by atoms with van der Waals surface area (Å²) in [6.45, 7) is 6.82. The molecule has 0 spiro atoms. The van der Waals surface area contributed by atoms with E-state index in [-0.39, 0.29) is 29.8 Å². The van der Waals surface area contributed by atoms with Crippen molar-refractivity contribution in [2.24, 2.45) is 5.92 Å². The van der Waals surface area contributed by atoms with Gasteiger partial charge in [0.05, 0.1) is 41.3 Å². The number of benzene rings is 3. The zero-order chi connectivity index (χ0) is 32.1. The standard InChI is InChI=1S/C35H39N7O4/c1-19(2)30(40-35(45)46-4)34(44)42-16-6-8-29(42)33-37-26-14-11-23-17-21(9-12-24(23)31(26)39-33)22-10-13-25-27(18-22)38-32(36-25)28-7-5-15-41(28)20(3)43/h9-14,17-19,28-30H,5-8,15-16H2,1-4H3,(H,36,38)(H,37,39)(H,40,45)/t28-,29-,30?/m0/s1. The Morgan fingerprint density at radius 3 is 2.26 bits per heavy atom. The Hall–Kier alpha value is -4.93. The molecule has 238 valence electrons. The average Bonchev–Trinajstić information content (AvgIpc) is 3.86. The summed E-state index contributed by atoms with van der Waals surface area (Å²) in [7, 11) is 1.30. The summed E-state index contributed by atoms with van der Waals surface area (Å²) in [5.41, 5.74) is 5.79. The van der Waals surface area contributed by atoms with Crippen molar-refractivity contribution in [1.29, 1.82) is 0 Å². The van der Waals surface area contributed by atoms with Gasteiger partial charge in [-0.15, -0.1) is 0 Å². The second kappa shape index (κ2) is 11.8. The topological polar surface area (TPSA) is 136 Å². The molecule has 11 heteroatoms. The summed E-state index contributed by atoms with van der Waals surface area (Å²) in [4.78, 5) is 58.2. The third-order valence-electron chi connectivity index (χ3n) is 9.54. The fraction of sp³-hybridized carbons (Fsp3) is 0.400. The number of alkyl carbamates (subject to hydrolysis) is 1. The summed E-state index contributed by atoms with van der Waals surface area (Å²) < 4.78 is 4.77. The van der Waals surface area contributed by atoms with E-state index < -0.39 is 12.1 Å². The van der Waals surface area contributed by atoms with E-state index in [4.69, 9.17) is 14.7 Å². The molecule has 3 amide bonds. The molecule has 46 heavy (non-hydrogen) atoms. The Bertz CT molecular complexity index is 1980. The number of hydrogen-bond donors (Lipinski definition) is 3. The van der Waals surface area contributed by atoms with Crippen LogP contribution >= 0.6 is 0 Å². The van der Waals surface area contributed by atoms with Crippen LogP contribution in [-0.4, -0.2) is 73.9 Å². The molecule has 2 aliphatic rings. The average molecular weight is 622 g/mol. The lowest BCUT2D eigenvalue weighted by Gasteiger charge is -2.29. The van der Waals surface area contributed by atoms with Gasteiger partial charge in [0.1, 0.15) is 17.7 Å². The minimum Gasteiger partial charge on any atom is -0.453 e. The van der Waals surface area contributed by atoms with Gasteiger partial charge in [0.15, 0.2) is 0 Å². The Labute approximate surface area is 266 Å². The molecule has 3 N–H and O–H groups in total. The number of fused-ring (bicyclic) bond motifs is 4. The molecule has 2 saturated heterocycles. The Morgan fingerprint density at radius 1 is 0.870 bits per heavy atom. The number of carbonyl (C=O) groups excluding carboxylic acids is 3. The maximum atomic E-state index is 13.6. The van der Waals surface area contributed by atoms with Gasteiger partial charge in [-0.3, -0.25) is 9.59 Å². The van der Waals surface area contributed by atoms with E-state index in [0.29, 0.717) is 6.54 Å². The van der Waals surface area contributed by atoms with Crippen molar-refractivity contribution in [2.45, 2.75) is 64.6 Å². The van der Waals surface area contributed by atoms with Gasteiger partial charge in [0.25, 0.3) is 0 Å². The first-order chi connectivity index (χ1) is 22.2. The summed E-state index contributed by atoms with van der Waals surface area (Å²) in [5.74, 6) is 1.46. The predicted octanol–water partition coefficient (Wildman–Crippen LogP) is 5.99. The first-order valence-corrected chi connectivity index (χ1v) is 16.1. The van der Waals surface area contributed by atoms with Gasteiger partial charge in [-0.1, -0.05) is 38.1 Å². The van der Waals surface area contributed by atoms with Crippen LogP contribution in [0.25, 0.3) is 44.0 Å². The van der Waals surface area contributed by atoms with Crippen molar-refractivity contribution in [3.8, 4) is 11.1 Å². The third kappa shape index (κ3) is 5.23. The van der Waals surface area contributed by atoms with Crippen LogP contribution in [0.4, 0.5) is 4.79 Å². The molecule has 0 saturated carbocycles. The molecule has 2 aromatic heterocycles. The molecule has 1 unspecified atom stereocenters. The third-order valence-corrected chi connectivity index (χ3v) is 9.54. The van der Waals surface area contributed by atoms with Gasteiger partial charge in [-0.25, -0.2) is 14.8 Å². The molecule has 4 heterocycles. The largest absolute Gasteiger partial charge is 0.453 e. The number of ether oxygens (including phenoxy) is 1. The number of H-pyrrole nitrogens is 2. The normalized spacial score (nSPS) is 19.1. The number of aromatic amines is 2. The van der Waals surface area contributed by atoms with Crippen molar-refractivity contribution in [3.63, 3.8) is 0 Å². The number of nitrogens with one attached hydrogen (secondary N) is 3. The van der Waals surface area contributed by atoms with Gasteiger partial charge in [0.2, 0.25) is 11.8 Å². The molecule has 2 aliphatic heterocycles. The van der Waals surface area contributed by atoms with E-state index in [1.807, 2.05) is 35.8 Å². The van der Waals surface area contributed by atoms with Crippen LogP contribution in [-0.2, 0) is 14.3 Å². The van der Waals surface area contributed by atoms with E-state index in [1.165, 1.54) is 7.11 Å². The quantitative estimate of drug-likeness (QED) is 0.213. The summed E-state index contributed by atoms with van der Waals surface area (Å²) in [5, 5.41) is 4.84. The maximum Gasteiger partial charge on any atom is 0.407 e. The number of aromatic nitrogens is 4. The van der Waals surface area contributed by atoms with Gasteiger partial charge in [0, 0.05) is 25.4 Å². The smallest absolute Gasteiger partial charge is 0.407 e. The number of imidazole rings is 2. The van der Waals surface area contributed by atoms with Crippen LogP contribution in [0, 0.1) is 5.92 Å². The minimum absolute atomic E-state index is 0.00156. The molecule has 7 rings (SSSR count).